The number of hydrogen-bond donors (Lipinski definition) is 0. The van der Waals surface area contributed by atoms with Crippen molar-refractivity contribution in [3.63, 3.8) is 0 Å². The zero-order valence-corrected chi connectivity index (χ0v) is 17.5. The van der Waals surface area contributed by atoms with Crippen molar-refractivity contribution < 1.29 is 0 Å². The quantitative estimate of drug-likeness (QED) is 0.402. The average Bonchev–Trinajstić information content (AvgIpc) is 3.24. The lowest BCUT2D eigenvalue weighted by Crippen LogP contribution is -1.93. The number of rotatable bonds is 3. The fraction of sp³-hybridized carbons (Fsp3) is 0. The third-order valence-corrected chi connectivity index (χ3v) is 5.95. The zero-order chi connectivity index (χ0) is 22.5. The van der Waals surface area contributed by atoms with Gasteiger partial charge in [-0.15, -0.1) is 0 Å². The van der Waals surface area contributed by atoms with Crippen LogP contribution in [0, 0.1) is 0 Å². The Bertz CT molecular complexity index is 1690. The minimum absolute atomic E-state index is 0.607. The number of hydrogen-bond acceptors (Lipinski definition) is 9. The molecule has 9 heteroatoms. The molecule has 3 aromatic heterocycles. The van der Waals surface area contributed by atoms with Gasteiger partial charge in [-0.3, -0.25) is 0 Å². The highest BCUT2D eigenvalue weighted by atomic mass is 15.0. The van der Waals surface area contributed by atoms with E-state index in [1.54, 1.807) is 0 Å². The van der Waals surface area contributed by atoms with Crippen LogP contribution in [0.4, 0.5) is 0 Å². The van der Waals surface area contributed by atoms with E-state index in [9.17, 15) is 0 Å². The van der Waals surface area contributed by atoms with Gasteiger partial charge < -0.3 is 0 Å². The van der Waals surface area contributed by atoms with Crippen molar-refractivity contribution in [2.24, 2.45) is 0 Å². The monoisotopic (exact) mass is 439 g/mol. The predicted octanol–water partition coefficient (Wildman–Crippen LogP) is 4.04. The summed E-state index contributed by atoms with van der Waals surface area (Å²) in [6.07, 6.45) is 9.04. The molecule has 0 amide bonds. The van der Waals surface area contributed by atoms with Gasteiger partial charge in [-0.2, -0.15) is 0 Å². The Morgan fingerprint density at radius 1 is 0.382 bits per heavy atom. The van der Waals surface area contributed by atoms with Crippen molar-refractivity contribution in [3.05, 3.63) is 80.4 Å². The van der Waals surface area contributed by atoms with Crippen LogP contribution in [0.5, 0.6) is 0 Å². The molecule has 3 heterocycles. The van der Waals surface area contributed by atoms with Gasteiger partial charge in [0, 0.05) is 16.7 Å². The second-order valence-electron chi connectivity index (χ2n) is 7.75. The molecule has 0 unspecified atom stereocenters. The highest BCUT2D eigenvalue weighted by Gasteiger charge is 2.25. The topological polar surface area (TPSA) is 116 Å². The molecular weight excluding hydrogens is 426 g/mol. The fourth-order valence-corrected chi connectivity index (χ4v) is 4.54. The van der Waals surface area contributed by atoms with Crippen LogP contribution < -0.4 is 0 Å². The molecule has 0 atom stereocenters. The van der Waals surface area contributed by atoms with E-state index in [0.29, 0.717) is 17.5 Å². The Kier molecular flexibility index (Phi) is 3.94. The van der Waals surface area contributed by atoms with Gasteiger partial charge in [0.25, 0.3) is 0 Å². The van der Waals surface area contributed by atoms with Crippen LogP contribution in [0.15, 0.2) is 80.4 Å². The highest BCUT2D eigenvalue weighted by molar-refractivity contribution is 6.19. The first-order valence-corrected chi connectivity index (χ1v) is 10.5. The summed E-state index contributed by atoms with van der Waals surface area (Å²) >= 11 is 0. The largest absolute Gasteiger partial charge is 0.225 e. The lowest BCUT2D eigenvalue weighted by atomic mass is 9.95. The summed E-state index contributed by atoms with van der Waals surface area (Å²) < 4.78 is 0. The van der Waals surface area contributed by atoms with E-state index < -0.39 is 0 Å². The van der Waals surface area contributed by atoms with E-state index in [4.69, 9.17) is 0 Å². The van der Waals surface area contributed by atoms with Crippen LogP contribution in [0.1, 0.15) is 0 Å². The molecule has 0 fully saturated rings. The molecule has 9 nitrogen and oxygen atoms in total. The maximum Gasteiger partial charge on any atom is 0.163 e. The minimum Gasteiger partial charge on any atom is -0.225 e. The maximum absolute atomic E-state index is 4.40. The summed E-state index contributed by atoms with van der Waals surface area (Å²) in [7, 11) is 0. The van der Waals surface area contributed by atoms with Crippen molar-refractivity contribution in [2.45, 2.75) is 0 Å². The van der Waals surface area contributed by atoms with E-state index in [0.717, 1.165) is 49.7 Å². The third kappa shape index (κ3) is 2.77. The van der Waals surface area contributed by atoms with Crippen LogP contribution in [-0.2, 0) is 0 Å². The van der Waals surface area contributed by atoms with E-state index >= 15 is 0 Å². The molecule has 0 spiro atoms. The van der Waals surface area contributed by atoms with Crippen molar-refractivity contribution in [3.8, 4) is 56.4 Å². The Morgan fingerprint density at radius 3 is 1.59 bits per heavy atom. The second-order valence-corrected chi connectivity index (χ2v) is 7.75. The van der Waals surface area contributed by atoms with Gasteiger partial charge in [0.15, 0.2) is 17.5 Å². The molecule has 0 saturated carbocycles. The van der Waals surface area contributed by atoms with Gasteiger partial charge in [0.05, 0.1) is 0 Å². The number of fused-ring (bicyclic) bond motifs is 3. The van der Waals surface area contributed by atoms with Crippen LogP contribution in [-0.4, -0.2) is 44.9 Å². The Balaban J connectivity index is 1.53. The van der Waals surface area contributed by atoms with Gasteiger partial charge >= 0.3 is 0 Å². The van der Waals surface area contributed by atoms with E-state index in [-0.39, 0.29) is 0 Å². The molecular formula is C25H13N9. The van der Waals surface area contributed by atoms with Crippen LogP contribution in [0.25, 0.3) is 67.2 Å². The first-order chi connectivity index (χ1) is 16.9. The van der Waals surface area contributed by atoms with E-state index in [1.165, 1.54) is 38.0 Å². The Hall–Kier alpha value is -5.05. The first-order valence-electron chi connectivity index (χ1n) is 10.5. The summed E-state index contributed by atoms with van der Waals surface area (Å²) in [6.45, 7) is 0. The number of aromatic nitrogens is 9. The molecule has 34 heavy (non-hydrogen) atoms. The fourth-order valence-electron chi connectivity index (χ4n) is 4.54. The van der Waals surface area contributed by atoms with Crippen molar-refractivity contribution in [2.75, 3.05) is 0 Å². The molecule has 0 radical (unpaired) electrons. The standard InChI is InChI=1S/C25H13N9/c1-2-16-19(5-14(1)23-29-8-26-9-30-23)17-3-4-18(25-33-12-28-13-34-25)21-7-15(6-20(16)22(17)21)24-31-10-27-11-32-24/h1-13H. The van der Waals surface area contributed by atoms with Gasteiger partial charge in [-0.25, -0.2) is 44.9 Å². The molecule has 1 aliphatic carbocycles. The Labute approximate surface area is 192 Å². The van der Waals surface area contributed by atoms with E-state index in [2.05, 4.69) is 81.3 Å². The van der Waals surface area contributed by atoms with Gasteiger partial charge in [0.1, 0.15) is 38.0 Å². The zero-order valence-electron chi connectivity index (χ0n) is 17.5. The summed E-state index contributed by atoms with van der Waals surface area (Å²) in [5, 5.41) is 2.16. The smallest absolute Gasteiger partial charge is 0.163 e. The van der Waals surface area contributed by atoms with Crippen LogP contribution >= 0.6 is 0 Å². The maximum atomic E-state index is 4.40. The minimum atomic E-state index is 0.607. The normalized spacial score (nSPS) is 11.5. The molecule has 1 aliphatic rings. The van der Waals surface area contributed by atoms with E-state index in [1.807, 2.05) is 6.07 Å². The molecule has 6 aromatic rings. The molecule has 7 rings (SSSR count). The molecule has 0 bridgehead atoms. The highest BCUT2D eigenvalue weighted by Crippen LogP contribution is 2.51. The number of nitrogens with zero attached hydrogens (tertiary/aromatic N) is 9. The van der Waals surface area contributed by atoms with Gasteiger partial charge in [-0.1, -0.05) is 18.2 Å². The molecule has 0 N–H and O–H groups in total. The summed E-state index contributed by atoms with van der Waals surface area (Å²) in [5.41, 5.74) is 7.23. The van der Waals surface area contributed by atoms with Crippen molar-refractivity contribution >= 4 is 10.8 Å². The molecule has 158 valence electrons. The van der Waals surface area contributed by atoms with Crippen LogP contribution in [0.3, 0.4) is 0 Å². The second kappa shape index (κ2) is 7.24. The van der Waals surface area contributed by atoms with Crippen molar-refractivity contribution in [1.82, 2.24) is 44.9 Å². The lowest BCUT2D eigenvalue weighted by molar-refractivity contribution is 1.05. The third-order valence-electron chi connectivity index (χ3n) is 5.95. The lowest BCUT2D eigenvalue weighted by Gasteiger charge is -2.10. The Morgan fingerprint density at radius 2 is 0.912 bits per heavy atom. The SMILES string of the molecule is c1ncnc(-c2ccc3c(c2)-c2ccc(-c4ncncn4)c4cc(-c5ncncn5)cc-3c24)n1. The van der Waals surface area contributed by atoms with Crippen molar-refractivity contribution in [1.29, 1.82) is 0 Å². The molecule has 0 saturated heterocycles. The predicted molar refractivity (Wildman–Crippen MR) is 125 cm³/mol. The van der Waals surface area contributed by atoms with Gasteiger partial charge in [-0.05, 0) is 57.3 Å². The number of benzene rings is 3. The summed E-state index contributed by atoms with van der Waals surface area (Å²) in [5.74, 6) is 1.86. The first kappa shape index (κ1) is 18.5. The summed E-state index contributed by atoms with van der Waals surface area (Å²) in [4.78, 5) is 38.0. The molecule has 3 aromatic carbocycles. The average molecular weight is 439 g/mol. The summed E-state index contributed by atoms with van der Waals surface area (Å²) in [6, 6.07) is 14.7. The molecule has 0 aliphatic heterocycles. The van der Waals surface area contributed by atoms with Gasteiger partial charge in [0.2, 0.25) is 0 Å². The van der Waals surface area contributed by atoms with Crippen LogP contribution in [0.2, 0.25) is 0 Å².